The lowest BCUT2D eigenvalue weighted by molar-refractivity contribution is -0.146. The molecule has 7 N–H and O–H groups in total. The van der Waals surface area contributed by atoms with Crippen molar-refractivity contribution < 1.29 is 34.5 Å². The van der Waals surface area contributed by atoms with Gasteiger partial charge in [0.25, 0.3) is 0 Å². The molecule has 11 heteroatoms. The first kappa shape index (κ1) is 24.8. The topological polar surface area (TPSA) is 182 Å². The molecule has 5 unspecified atom stereocenters. The first-order valence-electron chi connectivity index (χ1n) is 9.68. The summed E-state index contributed by atoms with van der Waals surface area (Å²) in [5.74, 6) is -3.19. The van der Waals surface area contributed by atoms with Crippen molar-refractivity contribution >= 4 is 23.7 Å². The molecular weight excluding hydrogens is 384 g/mol. The van der Waals surface area contributed by atoms with Crippen molar-refractivity contribution in [2.45, 2.75) is 70.3 Å². The molecule has 1 rings (SSSR count). The number of aliphatic hydroxyl groups is 2. The molecule has 1 aliphatic heterocycles. The summed E-state index contributed by atoms with van der Waals surface area (Å²) in [5.41, 5.74) is 5.83. The number of carbonyl (C=O) groups excluding carboxylic acids is 3. The van der Waals surface area contributed by atoms with Gasteiger partial charge in [0.1, 0.15) is 18.1 Å². The lowest BCUT2D eigenvalue weighted by atomic mass is 10.0. The van der Waals surface area contributed by atoms with Crippen molar-refractivity contribution in [3.63, 3.8) is 0 Å². The molecule has 29 heavy (non-hydrogen) atoms. The maximum atomic E-state index is 12.9. The highest BCUT2D eigenvalue weighted by atomic mass is 16.4. The molecule has 0 saturated carbocycles. The number of nitrogens with one attached hydrogen (secondary N) is 2. The summed E-state index contributed by atoms with van der Waals surface area (Å²) in [6.07, 6.45) is -0.0401. The summed E-state index contributed by atoms with van der Waals surface area (Å²) < 4.78 is 0. The van der Waals surface area contributed by atoms with Gasteiger partial charge in [-0.3, -0.25) is 14.4 Å². The summed E-state index contributed by atoms with van der Waals surface area (Å²) >= 11 is 0. The number of carboxylic acid groups (broad SMARTS) is 1. The van der Waals surface area contributed by atoms with Gasteiger partial charge in [0, 0.05) is 6.54 Å². The number of aliphatic carboxylic acids is 1. The number of hydrogen-bond donors (Lipinski definition) is 6. The fourth-order valence-corrected chi connectivity index (χ4v) is 3.20. The highest BCUT2D eigenvalue weighted by Gasteiger charge is 2.40. The van der Waals surface area contributed by atoms with Gasteiger partial charge in [-0.2, -0.15) is 0 Å². The number of nitrogens with two attached hydrogens (primary N) is 1. The molecule has 0 aromatic heterocycles. The van der Waals surface area contributed by atoms with Crippen molar-refractivity contribution in [3.8, 4) is 0 Å². The smallest absolute Gasteiger partial charge is 0.328 e. The fraction of sp³-hybridized carbons (Fsp3) is 0.778. The molecule has 0 aliphatic carbocycles. The van der Waals surface area contributed by atoms with E-state index in [1.54, 1.807) is 0 Å². The number of amides is 3. The number of rotatable bonds is 10. The fourth-order valence-electron chi connectivity index (χ4n) is 3.20. The molecule has 1 heterocycles. The minimum Gasteiger partial charge on any atom is -0.480 e. The monoisotopic (exact) mass is 416 g/mol. The molecule has 166 valence electrons. The number of carboxylic acids is 1. The predicted molar refractivity (Wildman–Crippen MR) is 102 cm³/mol. The van der Waals surface area contributed by atoms with Crippen LogP contribution in [0.2, 0.25) is 0 Å². The van der Waals surface area contributed by atoms with Crippen LogP contribution in [-0.4, -0.2) is 87.3 Å². The minimum absolute atomic E-state index is 0.164. The molecule has 5 atom stereocenters. The van der Waals surface area contributed by atoms with Crippen LogP contribution in [0.3, 0.4) is 0 Å². The Hall–Kier alpha value is -2.24. The summed E-state index contributed by atoms with van der Waals surface area (Å²) in [7, 11) is 0. The highest BCUT2D eigenvalue weighted by molar-refractivity contribution is 5.94. The lowest BCUT2D eigenvalue weighted by Crippen LogP contribution is -2.59. The quantitative estimate of drug-likeness (QED) is 0.231. The maximum absolute atomic E-state index is 12.9. The van der Waals surface area contributed by atoms with Crippen LogP contribution in [0.15, 0.2) is 0 Å². The molecule has 3 amide bonds. The Morgan fingerprint density at radius 1 is 1.17 bits per heavy atom. The van der Waals surface area contributed by atoms with E-state index in [4.69, 9.17) is 15.9 Å². The van der Waals surface area contributed by atoms with Crippen molar-refractivity contribution in [2.75, 3.05) is 13.2 Å². The van der Waals surface area contributed by atoms with Crippen molar-refractivity contribution in [1.82, 2.24) is 15.5 Å². The zero-order valence-corrected chi connectivity index (χ0v) is 17.0. The molecule has 0 spiro atoms. The van der Waals surface area contributed by atoms with E-state index in [0.717, 1.165) is 0 Å². The zero-order valence-electron chi connectivity index (χ0n) is 17.0. The Kier molecular flexibility index (Phi) is 9.47. The van der Waals surface area contributed by atoms with Crippen LogP contribution in [0.1, 0.15) is 40.0 Å². The SMILES string of the molecule is CC(C)CC(N)C(=O)NC(C(=O)N1CCCC1C(=O)NC(CO)C(=O)O)C(C)O. The van der Waals surface area contributed by atoms with E-state index < -0.39 is 60.6 Å². The molecular formula is C18H32N4O7. The van der Waals surface area contributed by atoms with Gasteiger partial charge in [-0.1, -0.05) is 13.8 Å². The Balaban J connectivity index is 2.88. The normalized spacial score (nSPS) is 20.7. The summed E-state index contributed by atoms with van der Waals surface area (Å²) in [6.45, 7) is 4.56. The van der Waals surface area contributed by atoms with Crippen LogP contribution in [0.25, 0.3) is 0 Å². The molecule has 11 nitrogen and oxygen atoms in total. The summed E-state index contributed by atoms with van der Waals surface area (Å²) in [5, 5.41) is 32.7. The molecule has 0 aromatic carbocycles. The Morgan fingerprint density at radius 2 is 1.79 bits per heavy atom. The lowest BCUT2D eigenvalue weighted by Gasteiger charge is -2.31. The van der Waals surface area contributed by atoms with Crippen molar-refractivity contribution in [3.05, 3.63) is 0 Å². The third-order valence-electron chi connectivity index (χ3n) is 4.74. The van der Waals surface area contributed by atoms with Gasteiger partial charge in [0.05, 0.1) is 18.8 Å². The van der Waals surface area contributed by atoms with E-state index in [2.05, 4.69) is 10.6 Å². The first-order chi connectivity index (χ1) is 13.5. The van der Waals surface area contributed by atoms with E-state index in [-0.39, 0.29) is 12.5 Å². The van der Waals surface area contributed by atoms with Gasteiger partial charge in [-0.15, -0.1) is 0 Å². The third-order valence-corrected chi connectivity index (χ3v) is 4.74. The van der Waals surface area contributed by atoms with E-state index >= 15 is 0 Å². The number of aliphatic hydroxyl groups excluding tert-OH is 2. The van der Waals surface area contributed by atoms with Crippen LogP contribution in [0.5, 0.6) is 0 Å². The van der Waals surface area contributed by atoms with Gasteiger partial charge in [0.2, 0.25) is 17.7 Å². The van der Waals surface area contributed by atoms with E-state index in [1.807, 2.05) is 13.8 Å². The third kappa shape index (κ3) is 6.94. The minimum atomic E-state index is -1.48. The average Bonchev–Trinajstić information content (AvgIpc) is 3.11. The second-order valence-corrected chi connectivity index (χ2v) is 7.73. The van der Waals surface area contributed by atoms with Crippen LogP contribution in [0, 0.1) is 5.92 Å². The van der Waals surface area contributed by atoms with E-state index in [0.29, 0.717) is 19.3 Å². The van der Waals surface area contributed by atoms with Gasteiger partial charge in [-0.05, 0) is 32.1 Å². The molecule has 1 saturated heterocycles. The van der Waals surface area contributed by atoms with Crippen LogP contribution < -0.4 is 16.4 Å². The molecule has 1 fully saturated rings. The number of nitrogens with zero attached hydrogens (tertiary/aromatic N) is 1. The first-order valence-corrected chi connectivity index (χ1v) is 9.68. The number of carbonyl (C=O) groups is 4. The van der Waals surface area contributed by atoms with Crippen LogP contribution >= 0.6 is 0 Å². The Morgan fingerprint density at radius 3 is 2.28 bits per heavy atom. The summed E-state index contributed by atoms with van der Waals surface area (Å²) in [6, 6.07) is -4.58. The van der Waals surface area contributed by atoms with E-state index in [9.17, 15) is 24.3 Å². The predicted octanol–water partition coefficient (Wildman–Crippen LogP) is -2.22. The van der Waals surface area contributed by atoms with Gasteiger partial charge >= 0.3 is 5.97 Å². The molecule has 0 radical (unpaired) electrons. The molecule has 0 bridgehead atoms. The van der Waals surface area contributed by atoms with Gasteiger partial charge < -0.3 is 36.6 Å². The second kappa shape index (κ2) is 11.1. The second-order valence-electron chi connectivity index (χ2n) is 7.73. The van der Waals surface area contributed by atoms with E-state index in [1.165, 1.54) is 11.8 Å². The van der Waals surface area contributed by atoms with Crippen molar-refractivity contribution in [2.24, 2.45) is 11.7 Å². The van der Waals surface area contributed by atoms with Crippen LogP contribution in [-0.2, 0) is 19.2 Å². The maximum Gasteiger partial charge on any atom is 0.328 e. The Bertz CT molecular complexity index is 611. The van der Waals surface area contributed by atoms with Gasteiger partial charge in [-0.25, -0.2) is 4.79 Å². The largest absolute Gasteiger partial charge is 0.480 e. The average molecular weight is 416 g/mol. The van der Waals surface area contributed by atoms with Crippen LogP contribution in [0.4, 0.5) is 0 Å². The number of likely N-dealkylation sites (tertiary alicyclic amines) is 1. The molecule has 0 aromatic rings. The highest BCUT2D eigenvalue weighted by Crippen LogP contribution is 2.20. The Labute approximate surface area is 169 Å². The number of hydrogen-bond acceptors (Lipinski definition) is 7. The van der Waals surface area contributed by atoms with Crippen molar-refractivity contribution in [1.29, 1.82) is 0 Å². The molecule has 1 aliphatic rings. The standard InChI is InChI=1S/C18H32N4O7/c1-9(2)7-11(19)15(25)21-14(10(3)24)17(27)22-6-4-5-13(22)16(26)20-12(8-23)18(28)29/h9-14,23-24H,4-8,19H2,1-3H3,(H,20,26)(H,21,25)(H,28,29). The zero-order chi connectivity index (χ0) is 22.3. The summed E-state index contributed by atoms with van der Waals surface area (Å²) in [4.78, 5) is 49.9. The van der Waals surface area contributed by atoms with Gasteiger partial charge in [0.15, 0.2) is 0 Å².